The van der Waals surface area contributed by atoms with E-state index in [4.69, 9.17) is 4.74 Å². The fourth-order valence-corrected chi connectivity index (χ4v) is 1.01. The van der Waals surface area contributed by atoms with Crippen LogP contribution in [0.4, 0.5) is 0 Å². The molecule has 0 unspecified atom stereocenters. The summed E-state index contributed by atoms with van der Waals surface area (Å²) in [6.45, 7) is 5.43. The van der Waals surface area contributed by atoms with E-state index in [0.717, 1.165) is 11.5 Å². The van der Waals surface area contributed by atoms with Crippen molar-refractivity contribution in [3.05, 3.63) is 11.1 Å². The Labute approximate surface area is 74.7 Å². The van der Waals surface area contributed by atoms with Crippen LogP contribution in [0.15, 0.2) is 5.38 Å². The van der Waals surface area contributed by atoms with Crippen molar-refractivity contribution in [2.45, 2.75) is 26.4 Å². The molecule has 0 bridgehead atoms. The Bertz CT molecular complexity index is 263. The number of rotatable bonds is 1. The summed E-state index contributed by atoms with van der Waals surface area (Å²) in [6, 6.07) is 0. The van der Waals surface area contributed by atoms with Crippen molar-refractivity contribution < 1.29 is 9.53 Å². The molecule has 0 aliphatic rings. The number of hydrogen-bond donors (Lipinski definition) is 0. The minimum Gasteiger partial charge on any atom is -0.455 e. The van der Waals surface area contributed by atoms with Gasteiger partial charge in [-0.15, -0.1) is 5.10 Å². The number of hydrogen-bond acceptors (Lipinski definition) is 5. The largest absolute Gasteiger partial charge is 0.455 e. The highest BCUT2D eigenvalue weighted by atomic mass is 32.1. The van der Waals surface area contributed by atoms with Gasteiger partial charge in [-0.25, -0.2) is 4.79 Å². The predicted octanol–water partition coefficient (Wildman–Crippen LogP) is 1.49. The van der Waals surface area contributed by atoms with Crippen molar-refractivity contribution in [1.82, 2.24) is 9.59 Å². The minimum atomic E-state index is -0.472. The highest BCUT2D eigenvalue weighted by Gasteiger charge is 2.19. The smallest absolute Gasteiger partial charge is 0.360 e. The van der Waals surface area contributed by atoms with Gasteiger partial charge < -0.3 is 4.74 Å². The van der Waals surface area contributed by atoms with E-state index in [9.17, 15) is 4.79 Å². The van der Waals surface area contributed by atoms with Crippen LogP contribution in [0.3, 0.4) is 0 Å². The molecule has 1 heterocycles. The first kappa shape index (κ1) is 9.12. The number of carbonyl (C=O) groups excluding carboxylic acids is 1. The summed E-state index contributed by atoms with van der Waals surface area (Å²) < 4.78 is 8.61. The summed E-state index contributed by atoms with van der Waals surface area (Å²) >= 11 is 1.13. The maximum absolute atomic E-state index is 11.2. The number of aromatic nitrogens is 2. The number of ether oxygens (including phenoxy) is 1. The molecule has 4 nitrogen and oxygen atoms in total. The lowest BCUT2D eigenvalue weighted by Crippen LogP contribution is -2.24. The van der Waals surface area contributed by atoms with Crippen LogP contribution < -0.4 is 0 Å². The Morgan fingerprint density at radius 3 is 2.67 bits per heavy atom. The summed E-state index contributed by atoms with van der Waals surface area (Å²) in [5, 5.41) is 5.16. The second-order valence-corrected chi connectivity index (χ2v) is 3.90. The summed E-state index contributed by atoms with van der Waals surface area (Å²) in [5.41, 5.74) is -0.198. The summed E-state index contributed by atoms with van der Waals surface area (Å²) in [7, 11) is 0. The number of carbonyl (C=O) groups is 1. The lowest BCUT2D eigenvalue weighted by molar-refractivity contribution is 0.00629. The molecule has 1 aromatic rings. The van der Waals surface area contributed by atoms with Crippen LogP contribution in [-0.4, -0.2) is 21.2 Å². The molecular formula is C7H10N2O2S. The predicted molar refractivity (Wildman–Crippen MR) is 45.1 cm³/mol. The minimum absolute atomic E-state index is 0.273. The van der Waals surface area contributed by atoms with Gasteiger partial charge in [-0.05, 0) is 32.3 Å². The molecule has 0 spiro atoms. The molecule has 0 saturated carbocycles. The highest BCUT2D eigenvalue weighted by molar-refractivity contribution is 7.03. The van der Waals surface area contributed by atoms with Crippen LogP contribution in [0.2, 0.25) is 0 Å². The Balaban J connectivity index is 2.63. The maximum atomic E-state index is 11.2. The van der Waals surface area contributed by atoms with Gasteiger partial charge in [0.2, 0.25) is 0 Å². The highest BCUT2D eigenvalue weighted by Crippen LogP contribution is 2.10. The molecule has 1 rings (SSSR count). The molecule has 0 aromatic carbocycles. The normalized spacial score (nSPS) is 11.2. The first-order valence-electron chi connectivity index (χ1n) is 3.49. The zero-order valence-electron chi connectivity index (χ0n) is 7.20. The average molecular weight is 186 g/mol. The summed E-state index contributed by atoms with van der Waals surface area (Å²) in [6.07, 6.45) is 0. The van der Waals surface area contributed by atoms with Crippen LogP contribution in [0.25, 0.3) is 0 Å². The van der Waals surface area contributed by atoms with Crippen molar-refractivity contribution in [2.75, 3.05) is 0 Å². The van der Waals surface area contributed by atoms with E-state index in [-0.39, 0.29) is 5.69 Å². The van der Waals surface area contributed by atoms with Crippen LogP contribution in [0.1, 0.15) is 31.3 Å². The molecule has 66 valence electrons. The molecule has 12 heavy (non-hydrogen) atoms. The van der Waals surface area contributed by atoms with Gasteiger partial charge in [0, 0.05) is 5.38 Å². The van der Waals surface area contributed by atoms with Crippen LogP contribution in [0, 0.1) is 0 Å². The standard InChI is InChI=1S/C7H10N2O2S/c1-7(2,3)11-6(10)5-4-12-9-8-5/h4H,1-3H3. The third-order valence-electron chi connectivity index (χ3n) is 0.968. The van der Waals surface area contributed by atoms with Gasteiger partial charge in [0.05, 0.1) is 0 Å². The molecule has 0 N–H and O–H groups in total. The van der Waals surface area contributed by atoms with Crippen LogP contribution in [-0.2, 0) is 4.74 Å². The second-order valence-electron chi connectivity index (χ2n) is 3.29. The van der Waals surface area contributed by atoms with E-state index in [0.29, 0.717) is 0 Å². The van der Waals surface area contributed by atoms with Gasteiger partial charge in [-0.1, -0.05) is 4.49 Å². The lowest BCUT2D eigenvalue weighted by atomic mass is 10.2. The molecule has 0 fully saturated rings. The molecule has 0 amide bonds. The van der Waals surface area contributed by atoms with E-state index in [2.05, 4.69) is 9.59 Å². The second kappa shape index (κ2) is 3.18. The van der Waals surface area contributed by atoms with Gasteiger partial charge in [-0.3, -0.25) is 0 Å². The third-order valence-corrected chi connectivity index (χ3v) is 1.47. The van der Waals surface area contributed by atoms with Crippen molar-refractivity contribution in [3.63, 3.8) is 0 Å². The molecule has 0 atom stereocenters. The van der Waals surface area contributed by atoms with E-state index in [1.165, 1.54) is 0 Å². The summed E-state index contributed by atoms with van der Waals surface area (Å²) in [5.74, 6) is -0.420. The van der Waals surface area contributed by atoms with Crippen molar-refractivity contribution >= 4 is 17.5 Å². The average Bonchev–Trinajstić information content (AvgIpc) is 2.32. The van der Waals surface area contributed by atoms with E-state index < -0.39 is 11.6 Å². The fourth-order valence-electron chi connectivity index (χ4n) is 0.584. The fraction of sp³-hybridized carbons (Fsp3) is 0.571. The molecule has 0 saturated heterocycles. The Kier molecular flexibility index (Phi) is 2.42. The van der Waals surface area contributed by atoms with Gasteiger partial charge in [-0.2, -0.15) is 0 Å². The SMILES string of the molecule is CC(C)(C)OC(=O)c1csnn1. The Hall–Kier alpha value is -0.970. The first-order valence-corrected chi connectivity index (χ1v) is 4.33. The molecule has 0 aliphatic carbocycles. The van der Waals surface area contributed by atoms with Gasteiger partial charge in [0.1, 0.15) is 5.60 Å². The van der Waals surface area contributed by atoms with Gasteiger partial charge in [0.15, 0.2) is 5.69 Å². The maximum Gasteiger partial charge on any atom is 0.360 e. The van der Waals surface area contributed by atoms with Crippen LogP contribution in [0.5, 0.6) is 0 Å². The quantitative estimate of drug-likeness (QED) is 0.623. The summed E-state index contributed by atoms with van der Waals surface area (Å²) in [4.78, 5) is 11.2. The molecular weight excluding hydrogens is 176 g/mol. The number of esters is 1. The van der Waals surface area contributed by atoms with Crippen LogP contribution >= 0.6 is 11.5 Å². The van der Waals surface area contributed by atoms with Crippen molar-refractivity contribution in [3.8, 4) is 0 Å². The van der Waals surface area contributed by atoms with Gasteiger partial charge >= 0.3 is 5.97 Å². The van der Waals surface area contributed by atoms with Crippen molar-refractivity contribution in [1.29, 1.82) is 0 Å². The van der Waals surface area contributed by atoms with Gasteiger partial charge in [0.25, 0.3) is 0 Å². The Morgan fingerprint density at radius 1 is 1.58 bits per heavy atom. The molecule has 0 aliphatic heterocycles. The third kappa shape index (κ3) is 2.58. The van der Waals surface area contributed by atoms with Crippen molar-refractivity contribution in [2.24, 2.45) is 0 Å². The van der Waals surface area contributed by atoms with E-state index >= 15 is 0 Å². The molecule has 0 radical (unpaired) electrons. The monoisotopic (exact) mass is 186 g/mol. The zero-order chi connectivity index (χ0) is 9.19. The first-order chi connectivity index (χ1) is 5.49. The molecule has 5 heteroatoms. The Morgan fingerprint density at radius 2 is 2.25 bits per heavy atom. The lowest BCUT2D eigenvalue weighted by Gasteiger charge is -2.18. The zero-order valence-corrected chi connectivity index (χ0v) is 8.01. The number of nitrogens with zero attached hydrogens (tertiary/aromatic N) is 2. The van der Waals surface area contributed by atoms with E-state index in [1.54, 1.807) is 5.38 Å². The topological polar surface area (TPSA) is 52.1 Å². The molecule has 1 aromatic heterocycles. The van der Waals surface area contributed by atoms with E-state index in [1.807, 2.05) is 20.8 Å².